The first-order chi connectivity index (χ1) is 13.4. The van der Waals surface area contributed by atoms with Gasteiger partial charge in [0.1, 0.15) is 0 Å². The SMILES string of the molecule is CCCCCCCCCCCCCCCCCCCCCCCCC[CH2][SbH2]. The third-order valence-corrected chi connectivity index (χ3v) is 7.22. The molecule has 0 aromatic rings. The van der Waals surface area contributed by atoms with E-state index in [9.17, 15) is 0 Å². The van der Waals surface area contributed by atoms with Gasteiger partial charge < -0.3 is 0 Å². The molecular formula is C26H55Sb. The maximum absolute atomic E-state index is 2.30. The Morgan fingerprint density at radius 3 is 0.667 bits per heavy atom. The molecule has 0 atom stereocenters. The van der Waals surface area contributed by atoms with Crippen LogP contribution in [0.5, 0.6) is 0 Å². The summed E-state index contributed by atoms with van der Waals surface area (Å²) >= 11 is 1.47. The molecule has 27 heavy (non-hydrogen) atoms. The van der Waals surface area contributed by atoms with Crippen LogP contribution in [0.25, 0.3) is 0 Å². The van der Waals surface area contributed by atoms with E-state index >= 15 is 0 Å². The first-order valence-electron chi connectivity index (χ1n) is 13.1. The topological polar surface area (TPSA) is 0 Å². The van der Waals surface area contributed by atoms with Gasteiger partial charge in [0.15, 0.2) is 0 Å². The minimum absolute atomic E-state index is 1.38. The van der Waals surface area contributed by atoms with Crippen LogP contribution in [0.1, 0.15) is 161 Å². The number of hydrogen-bond donors (Lipinski definition) is 0. The molecule has 0 nitrogen and oxygen atoms in total. The molecule has 0 bridgehead atoms. The fourth-order valence-electron chi connectivity index (χ4n) is 4.11. The zero-order chi connectivity index (χ0) is 19.7. The van der Waals surface area contributed by atoms with Gasteiger partial charge >= 0.3 is 98.0 Å². The summed E-state index contributed by atoms with van der Waals surface area (Å²) in [4.78, 5) is 0. The number of rotatable bonds is 24. The molecule has 0 aliphatic carbocycles. The van der Waals surface area contributed by atoms with Gasteiger partial charge in [-0.25, -0.2) is 0 Å². The summed E-state index contributed by atoms with van der Waals surface area (Å²) in [6.07, 6.45) is 35.7. The Balaban J connectivity index is 2.95. The van der Waals surface area contributed by atoms with Crippen molar-refractivity contribution in [2.24, 2.45) is 0 Å². The Labute approximate surface area is 187 Å². The van der Waals surface area contributed by atoms with E-state index in [0.717, 1.165) is 0 Å². The van der Waals surface area contributed by atoms with E-state index in [2.05, 4.69) is 6.92 Å². The monoisotopic (exact) mass is 488 g/mol. The fraction of sp³-hybridized carbons (Fsp3) is 1.00. The average Bonchev–Trinajstić information content (AvgIpc) is 2.68. The summed E-state index contributed by atoms with van der Waals surface area (Å²) in [5.74, 6) is 0. The molecule has 0 fully saturated rings. The number of hydrogen-bond acceptors (Lipinski definition) is 0. The van der Waals surface area contributed by atoms with Gasteiger partial charge in [0.25, 0.3) is 0 Å². The second-order valence-corrected chi connectivity index (χ2v) is 10.6. The van der Waals surface area contributed by atoms with Gasteiger partial charge in [0.2, 0.25) is 0 Å². The van der Waals surface area contributed by atoms with Crippen LogP contribution in [0.4, 0.5) is 0 Å². The van der Waals surface area contributed by atoms with Crippen LogP contribution >= 0.6 is 0 Å². The molecule has 0 heterocycles. The van der Waals surface area contributed by atoms with Crippen molar-refractivity contribution >= 4 is 23.0 Å². The van der Waals surface area contributed by atoms with Crippen LogP contribution in [0, 0.1) is 0 Å². The predicted molar refractivity (Wildman–Crippen MR) is 130 cm³/mol. The fourth-order valence-corrected chi connectivity index (χ4v) is 4.93. The predicted octanol–water partition coefficient (Wildman–Crippen LogP) is 9.42. The molecular weight excluding hydrogens is 434 g/mol. The molecule has 0 saturated carbocycles. The van der Waals surface area contributed by atoms with E-state index < -0.39 is 0 Å². The molecule has 0 aliphatic heterocycles. The molecule has 0 N–H and O–H groups in total. The molecule has 1 heteroatoms. The van der Waals surface area contributed by atoms with Gasteiger partial charge in [-0.1, -0.05) is 90.4 Å². The quantitative estimate of drug-likeness (QED) is 0.0936. The van der Waals surface area contributed by atoms with Crippen LogP contribution in [-0.4, -0.2) is 23.0 Å². The van der Waals surface area contributed by atoms with Gasteiger partial charge in [0, 0.05) is 0 Å². The third kappa shape index (κ3) is 26.8. The number of unbranched alkanes of at least 4 members (excludes halogenated alkanes) is 23. The van der Waals surface area contributed by atoms with Crippen molar-refractivity contribution in [3.63, 3.8) is 0 Å². The van der Waals surface area contributed by atoms with Crippen molar-refractivity contribution in [3.8, 4) is 0 Å². The molecule has 0 unspecified atom stereocenters. The zero-order valence-corrected chi connectivity index (χ0v) is 22.6. The van der Waals surface area contributed by atoms with E-state index in [0.29, 0.717) is 0 Å². The Hall–Kier alpha value is 0.818. The van der Waals surface area contributed by atoms with Crippen LogP contribution in [0.2, 0.25) is 4.37 Å². The standard InChI is InChI=1S/C26H53.Sb.2H/c1-3-5-7-9-11-13-15-17-19-21-23-25-26-24-22-20-18-16-14-12-10-8-6-4-2;;;/h1,3-26H2,2H3;;;. The van der Waals surface area contributed by atoms with Gasteiger partial charge in [-0.3, -0.25) is 0 Å². The van der Waals surface area contributed by atoms with Crippen molar-refractivity contribution in [2.45, 2.75) is 165 Å². The first-order valence-corrected chi connectivity index (χ1v) is 15.4. The summed E-state index contributed by atoms with van der Waals surface area (Å²) in [7, 11) is 0. The summed E-state index contributed by atoms with van der Waals surface area (Å²) in [5.41, 5.74) is 0. The molecule has 0 spiro atoms. The first kappa shape index (κ1) is 27.8. The minimum atomic E-state index is 1.38. The van der Waals surface area contributed by atoms with Crippen molar-refractivity contribution in [2.75, 3.05) is 0 Å². The molecule has 0 rings (SSSR count). The second-order valence-electron chi connectivity index (χ2n) is 8.92. The van der Waals surface area contributed by atoms with Gasteiger partial charge in [-0.2, -0.15) is 0 Å². The molecule has 164 valence electrons. The van der Waals surface area contributed by atoms with E-state index in [1.807, 2.05) is 0 Å². The van der Waals surface area contributed by atoms with Crippen molar-refractivity contribution < 1.29 is 0 Å². The zero-order valence-electron chi connectivity index (χ0n) is 19.3. The van der Waals surface area contributed by atoms with Crippen LogP contribution in [-0.2, 0) is 0 Å². The summed E-state index contributed by atoms with van der Waals surface area (Å²) in [5, 5.41) is 0. The van der Waals surface area contributed by atoms with Gasteiger partial charge in [-0.05, 0) is 0 Å². The van der Waals surface area contributed by atoms with E-state index in [1.54, 1.807) is 0 Å². The van der Waals surface area contributed by atoms with Crippen molar-refractivity contribution in [3.05, 3.63) is 0 Å². The van der Waals surface area contributed by atoms with Gasteiger partial charge in [0.05, 0.1) is 0 Å². The molecule has 0 aliphatic rings. The normalized spacial score (nSPS) is 11.3. The molecule has 0 aromatic carbocycles. The average molecular weight is 489 g/mol. The summed E-state index contributed by atoms with van der Waals surface area (Å²) < 4.78 is 1.50. The molecule has 0 saturated heterocycles. The Morgan fingerprint density at radius 2 is 0.481 bits per heavy atom. The van der Waals surface area contributed by atoms with Crippen molar-refractivity contribution in [1.29, 1.82) is 0 Å². The van der Waals surface area contributed by atoms with E-state index in [1.165, 1.54) is 181 Å². The van der Waals surface area contributed by atoms with Crippen LogP contribution in [0.15, 0.2) is 0 Å². The summed E-state index contributed by atoms with van der Waals surface area (Å²) in [6, 6.07) is 0. The van der Waals surface area contributed by atoms with Crippen LogP contribution < -0.4 is 0 Å². The molecule has 0 aromatic heterocycles. The van der Waals surface area contributed by atoms with Gasteiger partial charge in [-0.15, -0.1) is 0 Å². The second kappa shape index (κ2) is 26.8. The van der Waals surface area contributed by atoms with E-state index in [-0.39, 0.29) is 0 Å². The Morgan fingerprint density at radius 1 is 0.296 bits per heavy atom. The van der Waals surface area contributed by atoms with Crippen LogP contribution in [0.3, 0.4) is 0 Å². The molecule has 0 radical (unpaired) electrons. The van der Waals surface area contributed by atoms with E-state index in [4.69, 9.17) is 0 Å². The Bertz CT molecular complexity index is 214. The third-order valence-electron chi connectivity index (χ3n) is 6.06. The summed E-state index contributed by atoms with van der Waals surface area (Å²) in [6.45, 7) is 2.30. The molecule has 0 amide bonds. The van der Waals surface area contributed by atoms with Crippen molar-refractivity contribution in [1.82, 2.24) is 0 Å². The Kier molecular flexibility index (Phi) is 27.6. The maximum atomic E-state index is 2.30.